The lowest BCUT2D eigenvalue weighted by Crippen LogP contribution is -2.17. The van der Waals surface area contributed by atoms with Crippen LogP contribution in [0.5, 0.6) is 11.5 Å². The summed E-state index contributed by atoms with van der Waals surface area (Å²) in [6.07, 6.45) is -1.87. The van der Waals surface area contributed by atoms with Gasteiger partial charge < -0.3 is 10.5 Å². The molecule has 0 amide bonds. The van der Waals surface area contributed by atoms with Gasteiger partial charge in [0.1, 0.15) is 12.3 Å². The monoisotopic (exact) mass is 285 g/mol. The summed E-state index contributed by atoms with van der Waals surface area (Å²) in [6, 6.07) is 5.45. The van der Waals surface area contributed by atoms with Crippen molar-refractivity contribution in [3.63, 3.8) is 0 Å². The molecule has 1 aromatic carbocycles. The van der Waals surface area contributed by atoms with Crippen molar-refractivity contribution in [2.45, 2.75) is 26.2 Å². The average molecular weight is 285 g/mol. The van der Waals surface area contributed by atoms with Crippen LogP contribution < -0.4 is 10.5 Å². The van der Waals surface area contributed by atoms with Gasteiger partial charge in [-0.05, 0) is 13.0 Å². The average Bonchev–Trinajstić information content (AvgIpc) is 2.76. The van der Waals surface area contributed by atoms with Crippen LogP contribution in [0.4, 0.5) is 13.2 Å². The largest absolute Gasteiger partial charge is 0.454 e. The molecule has 0 aliphatic carbocycles. The highest BCUT2D eigenvalue weighted by molar-refractivity contribution is 5.39. The molecule has 0 saturated carbocycles. The van der Waals surface area contributed by atoms with Crippen molar-refractivity contribution in [2.75, 3.05) is 0 Å². The third-order valence-electron chi connectivity index (χ3n) is 2.61. The standard InChI is InChI=1S/C13H14F3N3O/c1-9-2-3-12(10(4-9)5-17)20-11-6-18-19(7-11)8-13(14,15)16/h2-4,6-7H,5,8,17H2,1H3. The van der Waals surface area contributed by atoms with E-state index in [9.17, 15) is 13.2 Å². The maximum absolute atomic E-state index is 12.2. The quantitative estimate of drug-likeness (QED) is 0.939. The molecule has 0 spiro atoms. The molecule has 20 heavy (non-hydrogen) atoms. The van der Waals surface area contributed by atoms with E-state index in [1.165, 1.54) is 12.4 Å². The molecule has 1 heterocycles. The van der Waals surface area contributed by atoms with Gasteiger partial charge in [0.05, 0.1) is 12.4 Å². The Balaban J connectivity index is 2.15. The number of nitrogens with zero attached hydrogens (tertiary/aromatic N) is 2. The minimum atomic E-state index is -4.31. The predicted octanol–water partition coefficient (Wildman–Crippen LogP) is 3.00. The van der Waals surface area contributed by atoms with E-state index in [1.807, 2.05) is 19.1 Å². The van der Waals surface area contributed by atoms with Gasteiger partial charge in [0, 0.05) is 12.1 Å². The summed E-state index contributed by atoms with van der Waals surface area (Å²) in [5.41, 5.74) is 7.43. The Morgan fingerprint density at radius 3 is 2.75 bits per heavy atom. The molecule has 1 aromatic heterocycles. The number of nitrogens with two attached hydrogens (primary N) is 1. The smallest absolute Gasteiger partial charge is 0.408 e. The van der Waals surface area contributed by atoms with Crippen LogP contribution in [0.3, 0.4) is 0 Å². The van der Waals surface area contributed by atoms with Crippen molar-refractivity contribution in [1.82, 2.24) is 9.78 Å². The number of hydrogen-bond acceptors (Lipinski definition) is 3. The highest BCUT2D eigenvalue weighted by Crippen LogP contribution is 2.26. The summed E-state index contributed by atoms with van der Waals surface area (Å²) in [5.74, 6) is 0.762. The van der Waals surface area contributed by atoms with Crippen LogP contribution in [0.2, 0.25) is 0 Å². The van der Waals surface area contributed by atoms with Gasteiger partial charge in [0.2, 0.25) is 0 Å². The summed E-state index contributed by atoms with van der Waals surface area (Å²) < 4.78 is 43.0. The molecule has 0 aliphatic rings. The van der Waals surface area contributed by atoms with Gasteiger partial charge in [-0.15, -0.1) is 0 Å². The minimum absolute atomic E-state index is 0.243. The summed E-state index contributed by atoms with van der Waals surface area (Å²) in [6.45, 7) is 1.06. The molecule has 108 valence electrons. The second-order valence-corrected chi connectivity index (χ2v) is 4.41. The molecule has 0 radical (unpaired) electrons. The van der Waals surface area contributed by atoms with Crippen LogP contribution in [0.1, 0.15) is 11.1 Å². The molecule has 4 nitrogen and oxygen atoms in total. The molecule has 0 saturated heterocycles. The number of aromatic nitrogens is 2. The fourth-order valence-electron chi connectivity index (χ4n) is 1.76. The van der Waals surface area contributed by atoms with E-state index in [2.05, 4.69) is 5.10 Å². The highest BCUT2D eigenvalue weighted by Gasteiger charge is 2.28. The third-order valence-corrected chi connectivity index (χ3v) is 2.61. The molecular weight excluding hydrogens is 271 g/mol. The van der Waals surface area contributed by atoms with Crippen LogP contribution >= 0.6 is 0 Å². The van der Waals surface area contributed by atoms with Crippen molar-refractivity contribution in [2.24, 2.45) is 5.73 Å². The first-order valence-corrected chi connectivity index (χ1v) is 5.94. The van der Waals surface area contributed by atoms with E-state index in [1.54, 1.807) is 6.07 Å². The molecule has 0 atom stereocenters. The molecule has 0 unspecified atom stereocenters. The Hall–Kier alpha value is -2.02. The van der Waals surface area contributed by atoms with E-state index in [0.717, 1.165) is 15.8 Å². The summed E-state index contributed by atoms with van der Waals surface area (Å²) >= 11 is 0. The number of benzene rings is 1. The van der Waals surface area contributed by atoms with Crippen LogP contribution in [0, 0.1) is 6.92 Å². The lowest BCUT2D eigenvalue weighted by Gasteiger charge is -2.09. The lowest BCUT2D eigenvalue weighted by atomic mass is 10.1. The number of ether oxygens (including phenoxy) is 1. The van der Waals surface area contributed by atoms with Crippen LogP contribution in [0.25, 0.3) is 0 Å². The van der Waals surface area contributed by atoms with Gasteiger partial charge in [0.25, 0.3) is 0 Å². The summed E-state index contributed by atoms with van der Waals surface area (Å²) in [7, 11) is 0. The van der Waals surface area contributed by atoms with Crippen LogP contribution in [0.15, 0.2) is 30.6 Å². The second kappa shape index (κ2) is 5.54. The van der Waals surface area contributed by atoms with Gasteiger partial charge >= 0.3 is 6.18 Å². The Bertz CT molecular complexity index is 593. The zero-order chi connectivity index (χ0) is 14.8. The Labute approximate surface area is 114 Å². The number of rotatable bonds is 4. The van der Waals surface area contributed by atoms with Gasteiger partial charge in [-0.2, -0.15) is 18.3 Å². The van der Waals surface area contributed by atoms with E-state index in [4.69, 9.17) is 10.5 Å². The van der Waals surface area contributed by atoms with Crippen LogP contribution in [-0.4, -0.2) is 16.0 Å². The Morgan fingerprint density at radius 2 is 2.10 bits per heavy atom. The number of halogens is 3. The van der Waals surface area contributed by atoms with Gasteiger partial charge in [0.15, 0.2) is 5.75 Å². The molecule has 2 aromatic rings. The van der Waals surface area contributed by atoms with Crippen molar-refractivity contribution in [1.29, 1.82) is 0 Å². The zero-order valence-electron chi connectivity index (χ0n) is 10.8. The Morgan fingerprint density at radius 1 is 1.35 bits per heavy atom. The highest BCUT2D eigenvalue weighted by atomic mass is 19.4. The SMILES string of the molecule is Cc1ccc(Oc2cnn(CC(F)(F)F)c2)c(CN)c1. The lowest BCUT2D eigenvalue weighted by molar-refractivity contribution is -0.142. The molecule has 7 heteroatoms. The molecular formula is C13H14F3N3O. The number of hydrogen-bond donors (Lipinski definition) is 1. The van der Waals surface area contributed by atoms with Crippen molar-refractivity contribution in [3.8, 4) is 11.5 Å². The number of aryl methyl sites for hydroxylation is 1. The Kier molecular flexibility index (Phi) is 3.99. The molecule has 2 rings (SSSR count). The van der Waals surface area contributed by atoms with Crippen molar-refractivity contribution < 1.29 is 17.9 Å². The second-order valence-electron chi connectivity index (χ2n) is 4.41. The molecule has 0 bridgehead atoms. The maximum atomic E-state index is 12.2. The predicted molar refractivity (Wildman–Crippen MR) is 67.4 cm³/mol. The van der Waals surface area contributed by atoms with Crippen molar-refractivity contribution >= 4 is 0 Å². The summed E-state index contributed by atoms with van der Waals surface area (Å²) in [5, 5.41) is 3.61. The van der Waals surface area contributed by atoms with E-state index < -0.39 is 12.7 Å². The van der Waals surface area contributed by atoms with E-state index in [-0.39, 0.29) is 12.3 Å². The third kappa shape index (κ3) is 3.74. The first-order chi connectivity index (χ1) is 9.37. The van der Waals surface area contributed by atoms with Crippen molar-refractivity contribution in [3.05, 3.63) is 41.7 Å². The minimum Gasteiger partial charge on any atom is -0.454 e. The first kappa shape index (κ1) is 14.4. The first-order valence-electron chi connectivity index (χ1n) is 5.94. The molecule has 0 fully saturated rings. The summed E-state index contributed by atoms with van der Waals surface area (Å²) in [4.78, 5) is 0. The van der Waals surface area contributed by atoms with E-state index in [0.29, 0.717) is 5.75 Å². The molecule has 0 aliphatic heterocycles. The normalized spacial score (nSPS) is 11.7. The number of alkyl halides is 3. The van der Waals surface area contributed by atoms with Gasteiger partial charge in [-0.3, -0.25) is 4.68 Å². The van der Waals surface area contributed by atoms with E-state index >= 15 is 0 Å². The van der Waals surface area contributed by atoms with Gasteiger partial charge in [-0.1, -0.05) is 17.7 Å². The molecule has 2 N–H and O–H groups in total. The topological polar surface area (TPSA) is 53.1 Å². The fourth-order valence-corrected chi connectivity index (χ4v) is 1.76. The zero-order valence-corrected chi connectivity index (χ0v) is 10.8. The fraction of sp³-hybridized carbons (Fsp3) is 0.308. The van der Waals surface area contributed by atoms with Gasteiger partial charge in [-0.25, -0.2) is 0 Å². The maximum Gasteiger partial charge on any atom is 0.408 e. The van der Waals surface area contributed by atoms with Crippen LogP contribution in [-0.2, 0) is 13.1 Å².